The first-order valence-electron chi connectivity index (χ1n) is 5.49. The van der Waals surface area contributed by atoms with Gasteiger partial charge in [-0.2, -0.15) is 0 Å². The van der Waals surface area contributed by atoms with Crippen LogP contribution in [0.5, 0.6) is 0 Å². The summed E-state index contributed by atoms with van der Waals surface area (Å²) in [6.45, 7) is 0.367. The summed E-state index contributed by atoms with van der Waals surface area (Å²) in [5.74, 6) is -0.821. The van der Waals surface area contributed by atoms with Gasteiger partial charge in [0.05, 0.1) is 6.54 Å². The molecule has 3 N–H and O–H groups in total. The van der Waals surface area contributed by atoms with Crippen molar-refractivity contribution >= 4 is 15.8 Å². The summed E-state index contributed by atoms with van der Waals surface area (Å²) in [5, 5.41) is 0. The molecule has 0 aliphatic carbocycles. The molecule has 100 valence electrons. The van der Waals surface area contributed by atoms with Crippen LogP contribution in [-0.4, -0.2) is 13.4 Å². The molecule has 2 aromatic rings. The molecule has 19 heavy (non-hydrogen) atoms. The van der Waals surface area contributed by atoms with Gasteiger partial charge in [-0.15, -0.1) is 0 Å². The predicted octanol–water partition coefficient (Wildman–Crippen LogP) is 1.36. The quantitative estimate of drug-likeness (QED) is 0.917. The molecule has 0 amide bonds. The second-order valence-electron chi connectivity index (χ2n) is 3.77. The van der Waals surface area contributed by atoms with E-state index in [2.05, 4.69) is 15.4 Å². The summed E-state index contributed by atoms with van der Waals surface area (Å²) in [4.78, 5) is 3.32. The van der Waals surface area contributed by atoms with Crippen molar-refractivity contribution in [3.63, 3.8) is 0 Å². The molecule has 1 aromatic heterocycles. The van der Waals surface area contributed by atoms with Crippen LogP contribution in [0.25, 0.3) is 4.72 Å². The van der Waals surface area contributed by atoms with E-state index in [1.54, 1.807) is 12.1 Å². The van der Waals surface area contributed by atoms with Crippen molar-refractivity contribution in [3.8, 4) is 0 Å². The van der Waals surface area contributed by atoms with E-state index in [-0.39, 0.29) is 5.82 Å². The summed E-state index contributed by atoms with van der Waals surface area (Å²) in [6.07, 6.45) is 1.41. The van der Waals surface area contributed by atoms with E-state index < -0.39 is 20.7 Å². The minimum atomic E-state index is -4.12. The Labute approximate surface area is 110 Å². The third-order valence-corrected chi connectivity index (χ3v) is 3.72. The van der Waals surface area contributed by atoms with Crippen LogP contribution < -0.4 is 5.73 Å². The summed E-state index contributed by atoms with van der Waals surface area (Å²) in [7, 11) is -4.12. The molecule has 0 saturated carbocycles. The zero-order valence-corrected chi connectivity index (χ0v) is 10.8. The molecule has 0 radical (unpaired) electrons. The Morgan fingerprint density at radius 1 is 1.26 bits per heavy atom. The van der Waals surface area contributed by atoms with Crippen LogP contribution in [0, 0.1) is 5.82 Å². The SMILES string of the molecule is [NH3+]Cc1ccc(F)c(S(=O)(=O)[N-]c2ccccn2)c1. The molecular formula is C12H12FN3O2S. The zero-order chi connectivity index (χ0) is 13.9. The molecule has 2 rings (SSSR count). The fourth-order valence-corrected chi connectivity index (χ4v) is 2.55. The molecule has 0 bridgehead atoms. The molecule has 0 spiro atoms. The normalized spacial score (nSPS) is 11.3. The first-order chi connectivity index (χ1) is 9.03. The Bertz CT molecular complexity index is 675. The topological polar surface area (TPSA) is 88.8 Å². The fraction of sp³-hybridized carbons (Fsp3) is 0.0833. The van der Waals surface area contributed by atoms with Gasteiger partial charge >= 0.3 is 0 Å². The van der Waals surface area contributed by atoms with E-state index in [4.69, 9.17) is 0 Å². The van der Waals surface area contributed by atoms with Gasteiger partial charge in [-0.3, -0.25) is 0 Å². The number of sulfonamides is 1. The van der Waals surface area contributed by atoms with Crippen molar-refractivity contribution in [2.75, 3.05) is 0 Å². The van der Waals surface area contributed by atoms with Gasteiger partial charge in [0.25, 0.3) is 0 Å². The van der Waals surface area contributed by atoms with E-state index in [1.807, 2.05) is 0 Å². The second-order valence-corrected chi connectivity index (χ2v) is 5.34. The van der Waals surface area contributed by atoms with E-state index in [9.17, 15) is 12.8 Å². The molecule has 7 heteroatoms. The molecule has 0 aliphatic rings. The lowest BCUT2D eigenvalue weighted by Gasteiger charge is -2.15. The van der Waals surface area contributed by atoms with Gasteiger partial charge in [-0.05, 0) is 18.0 Å². The molecule has 0 aliphatic heterocycles. The maximum absolute atomic E-state index is 13.6. The Hall–Kier alpha value is -1.99. The summed E-state index contributed by atoms with van der Waals surface area (Å²) >= 11 is 0. The van der Waals surface area contributed by atoms with Gasteiger partial charge < -0.3 is 15.4 Å². The maximum atomic E-state index is 13.6. The number of quaternary nitrogens is 1. The van der Waals surface area contributed by atoms with E-state index in [0.717, 1.165) is 6.07 Å². The van der Waals surface area contributed by atoms with Crippen LogP contribution in [-0.2, 0) is 16.6 Å². The Kier molecular flexibility index (Phi) is 3.77. The van der Waals surface area contributed by atoms with Gasteiger partial charge in [0.15, 0.2) is 0 Å². The van der Waals surface area contributed by atoms with Crippen molar-refractivity contribution in [1.82, 2.24) is 4.98 Å². The maximum Gasteiger partial charge on any atom is 0.205 e. The third kappa shape index (κ3) is 3.07. The number of hydrogen-bond donors (Lipinski definition) is 1. The highest BCUT2D eigenvalue weighted by molar-refractivity contribution is 7.94. The van der Waals surface area contributed by atoms with Crippen LogP contribution in [0.15, 0.2) is 47.5 Å². The van der Waals surface area contributed by atoms with Gasteiger partial charge in [-0.25, -0.2) is 12.8 Å². The minimum absolute atomic E-state index is 0.0157. The van der Waals surface area contributed by atoms with Crippen LogP contribution in [0.2, 0.25) is 0 Å². The van der Waals surface area contributed by atoms with E-state index >= 15 is 0 Å². The predicted molar refractivity (Wildman–Crippen MR) is 67.4 cm³/mol. The van der Waals surface area contributed by atoms with Crippen molar-refractivity contribution in [2.24, 2.45) is 0 Å². The van der Waals surface area contributed by atoms with Crippen LogP contribution in [0.4, 0.5) is 10.2 Å². The minimum Gasteiger partial charge on any atom is -0.442 e. The molecule has 0 unspecified atom stereocenters. The number of rotatable bonds is 4. The Morgan fingerprint density at radius 3 is 2.68 bits per heavy atom. The number of nitrogens with zero attached hydrogens (tertiary/aromatic N) is 2. The first-order valence-corrected chi connectivity index (χ1v) is 6.93. The number of aromatic nitrogens is 1. The summed E-state index contributed by atoms with van der Waals surface area (Å²) < 4.78 is 41.2. The smallest absolute Gasteiger partial charge is 0.205 e. The van der Waals surface area contributed by atoms with Crippen molar-refractivity contribution in [2.45, 2.75) is 11.4 Å². The summed E-state index contributed by atoms with van der Waals surface area (Å²) in [6, 6.07) is 8.49. The largest absolute Gasteiger partial charge is 0.442 e. The molecule has 0 atom stereocenters. The van der Waals surface area contributed by atoms with Gasteiger partial charge in [0.1, 0.15) is 10.7 Å². The molecule has 5 nitrogen and oxygen atoms in total. The lowest BCUT2D eigenvalue weighted by Crippen LogP contribution is -2.47. The standard InChI is InChI=1S/C12H11FN3O2S/c13-10-5-4-9(8-14)7-11(10)19(17,18)16-12-3-1-2-6-15-12/h1-7H,8,14H2/q-1/p+1. The average Bonchev–Trinajstić information content (AvgIpc) is 2.39. The zero-order valence-electron chi connectivity index (χ0n) is 9.95. The highest BCUT2D eigenvalue weighted by atomic mass is 32.2. The average molecular weight is 281 g/mol. The molecule has 0 saturated heterocycles. The Balaban J connectivity index is 2.39. The number of hydrogen-bond acceptors (Lipinski definition) is 3. The molecule has 1 aromatic carbocycles. The highest BCUT2D eigenvalue weighted by Crippen LogP contribution is 2.27. The number of halogens is 1. The van der Waals surface area contributed by atoms with Crippen molar-refractivity contribution < 1.29 is 18.5 Å². The van der Waals surface area contributed by atoms with Crippen molar-refractivity contribution in [3.05, 3.63) is 58.7 Å². The third-order valence-electron chi connectivity index (χ3n) is 2.43. The monoisotopic (exact) mass is 281 g/mol. The lowest BCUT2D eigenvalue weighted by molar-refractivity contribution is -0.386. The number of benzene rings is 1. The van der Waals surface area contributed by atoms with E-state index in [1.165, 1.54) is 24.4 Å². The summed E-state index contributed by atoms with van der Waals surface area (Å²) in [5.41, 5.74) is 4.25. The molecule has 1 heterocycles. The van der Waals surface area contributed by atoms with Crippen LogP contribution in [0.1, 0.15) is 5.56 Å². The van der Waals surface area contributed by atoms with E-state index in [0.29, 0.717) is 12.1 Å². The van der Waals surface area contributed by atoms with Crippen LogP contribution in [0.3, 0.4) is 0 Å². The second kappa shape index (κ2) is 5.33. The van der Waals surface area contributed by atoms with Crippen LogP contribution >= 0.6 is 0 Å². The van der Waals surface area contributed by atoms with Crippen molar-refractivity contribution in [1.29, 1.82) is 0 Å². The molecule has 0 fully saturated rings. The molecular weight excluding hydrogens is 269 g/mol. The van der Waals surface area contributed by atoms with Gasteiger partial charge in [0, 0.05) is 5.56 Å². The lowest BCUT2D eigenvalue weighted by atomic mass is 10.2. The van der Waals surface area contributed by atoms with Gasteiger partial charge in [-0.1, -0.05) is 30.5 Å². The Morgan fingerprint density at radius 2 is 2.05 bits per heavy atom. The number of pyridine rings is 1. The highest BCUT2D eigenvalue weighted by Gasteiger charge is 2.16. The first kappa shape index (κ1) is 13.4. The van der Waals surface area contributed by atoms with Gasteiger partial charge in [0.2, 0.25) is 10.0 Å². The fourth-order valence-electron chi connectivity index (χ4n) is 1.48.